The van der Waals surface area contributed by atoms with Crippen LogP contribution in [0.1, 0.15) is 0 Å². The summed E-state index contributed by atoms with van der Waals surface area (Å²) in [5, 5.41) is 0. The standard InChI is InChI=1S/C2H5FSi/c1-2(3)4/h1H2,4H3. The molecule has 0 unspecified atom stereocenters. The molecule has 0 bridgehead atoms. The first-order valence-electron chi connectivity index (χ1n) is 1.04. The van der Waals surface area contributed by atoms with Crippen molar-refractivity contribution in [1.82, 2.24) is 0 Å². The first-order valence-corrected chi connectivity index (χ1v) is 2.04. The van der Waals surface area contributed by atoms with E-state index in [4.69, 9.17) is 0 Å². The highest BCUT2D eigenvalue weighted by molar-refractivity contribution is 6.19. The molecule has 0 spiro atoms. The van der Waals surface area contributed by atoms with Gasteiger partial charge < -0.3 is 0 Å². The summed E-state index contributed by atoms with van der Waals surface area (Å²) in [7, 11) is 0.488. The van der Waals surface area contributed by atoms with Gasteiger partial charge >= 0.3 is 0 Å². The summed E-state index contributed by atoms with van der Waals surface area (Å²) in [6, 6.07) is 0. The van der Waals surface area contributed by atoms with Gasteiger partial charge in [0.15, 0.2) is 0 Å². The van der Waals surface area contributed by atoms with Crippen LogP contribution in [0.25, 0.3) is 0 Å². The van der Waals surface area contributed by atoms with Crippen molar-refractivity contribution in [3.8, 4) is 0 Å². The van der Waals surface area contributed by atoms with Gasteiger partial charge in [0.25, 0.3) is 0 Å². The molecule has 0 nitrogen and oxygen atoms in total. The fraction of sp³-hybridized carbons (Fsp3) is 0. The topological polar surface area (TPSA) is 0 Å². The van der Waals surface area contributed by atoms with Gasteiger partial charge in [-0.05, 0) is 0 Å². The summed E-state index contributed by atoms with van der Waals surface area (Å²) in [5.41, 5.74) is -0.194. The van der Waals surface area contributed by atoms with Gasteiger partial charge in [0.1, 0.15) is 0 Å². The molecule has 0 aromatic heterocycles. The van der Waals surface area contributed by atoms with Crippen molar-refractivity contribution in [3.63, 3.8) is 0 Å². The van der Waals surface area contributed by atoms with Gasteiger partial charge in [0, 0.05) is 0 Å². The number of hydrogen-bond donors (Lipinski definition) is 0. The molecule has 0 N–H and O–H groups in total. The summed E-state index contributed by atoms with van der Waals surface area (Å²) in [5.74, 6) is 0. The van der Waals surface area contributed by atoms with Crippen LogP contribution in [0.3, 0.4) is 0 Å². The molecule has 0 aromatic rings. The minimum Gasteiger partial charge on any atom is -0.219 e. The quantitative estimate of drug-likeness (QED) is 0.350. The van der Waals surface area contributed by atoms with Crippen LogP contribution in [0, 0.1) is 0 Å². The van der Waals surface area contributed by atoms with Crippen molar-refractivity contribution in [1.29, 1.82) is 0 Å². The Morgan fingerprint density at radius 3 is 2.00 bits per heavy atom. The van der Waals surface area contributed by atoms with Crippen LogP contribution < -0.4 is 0 Å². The lowest BCUT2D eigenvalue weighted by molar-refractivity contribution is 0.698. The van der Waals surface area contributed by atoms with Crippen LogP contribution in [-0.4, -0.2) is 10.2 Å². The molecule has 0 fully saturated rings. The summed E-state index contributed by atoms with van der Waals surface area (Å²) in [6.07, 6.45) is 0. The minimum absolute atomic E-state index is 0.194. The van der Waals surface area contributed by atoms with Crippen molar-refractivity contribution in [2.45, 2.75) is 0 Å². The van der Waals surface area contributed by atoms with Crippen LogP contribution in [0.15, 0.2) is 12.0 Å². The Morgan fingerprint density at radius 2 is 2.00 bits per heavy atom. The van der Waals surface area contributed by atoms with Crippen LogP contribution in [0.4, 0.5) is 4.39 Å². The Kier molecular flexibility index (Phi) is 1.20. The average Bonchev–Trinajstić information content (AvgIpc) is 0.811. The molecule has 0 heterocycles. The van der Waals surface area contributed by atoms with E-state index in [0.29, 0.717) is 10.2 Å². The van der Waals surface area contributed by atoms with Crippen molar-refractivity contribution in [2.24, 2.45) is 0 Å². The van der Waals surface area contributed by atoms with Gasteiger partial charge in [-0.15, -0.1) is 0 Å². The van der Waals surface area contributed by atoms with Crippen molar-refractivity contribution in [2.75, 3.05) is 0 Å². The average molecular weight is 76.1 g/mol. The molecule has 0 amide bonds. The SMILES string of the molecule is C=C(F)[SiH3]. The molecule has 24 valence electrons. The van der Waals surface area contributed by atoms with Crippen molar-refractivity contribution >= 4 is 10.2 Å². The Labute approximate surface area is 27.8 Å². The van der Waals surface area contributed by atoms with Gasteiger partial charge in [0.05, 0.1) is 15.7 Å². The fourth-order valence-corrected chi connectivity index (χ4v) is 0. The smallest absolute Gasteiger partial charge is 0.0744 e. The minimum atomic E-state index is -0.194. The number of hydrogen-bond acceptors (Lipinski definition) is 0. The van der Waals surface area contributed by atoms with Gasteiger partial charge in [-0.3, -0.25) is 0 Å². The lowest BCUT2D eigenvalue weighted by atomic mass is 11.2. The van der Waals surface area contributed by atoms with Crippen molar-refractivity contribution in [3.05, 3.63) is 12.0 Å². The summed E-state index contributed by atoms with van der Waals surface area (Å²) >= 11 is 0. The van der Waals surface area contributed by atoms with Crippen LogP contribution in [0.2, 0.25) is 0 Å². The second-order valence-corrected chi connectivity index (χ2v) is 1.76. The summed E-state index contributed by atoms with van der Waals surface area (Å²) in [6.45, 7) is 2.95. The van der Waals surface area contributed by atoms with E-state index in [1.165, 1.54) is 0 Å². The predicted molar refractivity (Wildman–Crippen MR) is 20.2 cm³/mol. The zero-order chi connectivity index (χ0) is 3.58. The van der Waals surface area contributed by atoms with E-state index >= 15 is 0 Å². The molecule has 0 aliphatic carbocycles. The maximum Gasteiger partial charge on any atom is 0.0744 e. The third-order valence-electron chi connectivity index (χ3n) is 0. The van der Waals surface area contributed by atoms with Crippen molar-refractivity contribution < 1.29 is 4.39 Å². The molecular formula is C2H5FSi. The van der Waals surface area contributed by atoms with Gasteiger partial charge in [0.2, 0.25) is 0 Å². The van der Waals surface area contributed by atoms with E-state index in [9.17, 15) is 4.39 Å². The molecule has 0 saturated heterocycles. The third-order valence-corrected chi connectivity index (χ3v) is 0. The molecule has 0 radical (unpaired) electrons. The van der Waals surface area contributed by atoms with Crippen LogP contribution in [-0.2, 0) is 0 Å². The zero-order valence-electron chi connectivity index (χ0n) is 2.59. The maximum absolute atomic E-state index is 10.9. The number of halogens is 1. The monoisotopic (exact) mass is 76.0 g/mol. The first kappa shape index (κ1) is 3.89. The highest BCUT2D eigenvalue weighted by Gasteiger charge is 1.58. The molecule has 0 aromatic carbocycles. The maximum atomic E-state index is 10.9. The predicted octanol–water partition coefficient (Wildman–Crippen LogP) is -0.208. The largest absolute Gasteiger partial charge is 0.219 e. The lowest BCUT2D eigenvalue weighted by Gasteiger charge is -1.59. The third kappa shape index (κ3) is 116. The normalized spacial score (nSPS) is 7.25. The summed E-state index contributed by atoms with van der Waals surface area (Å²) in [4.78, 5) is 0. The molecule has 0 atom stereocenters. The van der Waals surface area contributed by atoms with E-state index in [0.717, 1.165) is 0 Å². The molecule has 0 aliphatic rings. The van der Waals surface area contributed by atoms with Crippen LogP contribution in [0.5, 0.6) is 0 Å². The van der Waals surface area contributed by atoms with E-state index < -0.39 is 0 Å². The highest BCUT2D eigenvalue weighted by atomic mass is 28.1. The highest BCUT2D eigenvalue weighted by Crippen LogP contribution is 1.72. The van der Waals surface area contributed by atoms with E-state index in [-0.39, 0.29) is 5.45 Å². The first-order chi connectivity index (χ1) is 1.73. The van der Waals surface area contributed by atoms with Gasteiger partial charge in [-0.1, -0.05) is 6.58 Å². The Bertz CT molecular complexity index is 29.0. The molecule has 0 saturated carbocycles. The van der Waals surface area contributed by atoms with Gasteiger partial charge in [-0.25, -0.2) is 4.39 Å². The van der Waals surface area contributed by atoms with E-state index in [1.807, 2.05) is 0 Å². The second kappa shape index (κ2) is 1.23. The lowest BCUT2D eigenvalue weighted by Crippen LogP contribution is -1.53. The number of rotatable bonds is 0. The van der Waals surface area contributed by atoms with Gasteiger partial charge in [-0.2, -0.15) is 0 Å². The zero-order valence-corrected chi connectivity index (χ0v) is 4.59. The summed E-state index contributed by atoms with van der Waals surface area (Å²) < 4.78 is 10.9. The molecule has 2 heteroatoms. The van der Waals surface area contributed by atoms with Crippen LogP contribution >= 0.6 is 0 Å². The molecule has 0 aliphatic heterocycles. The second-order valence-electron chi connectivity index (χ2n) is 0.676. The Balaban J connectivity index is 2.80. The fourth-order valence-electron chi connectivity index (χ4n) is 0. The molecule has 4 heavy (non-hydrogen) atoms. The van der Waals surface area contributed by atoms with E-state index in [2.05, 4.69) is 6.58 Å². The Morgan fingerprint density at radius 1 is 2.00 bits per heavy atom. The molecular weight excluding hydrogens is 71.1 g/mol. The molecule has 0 rings (SSSR count). The Hall–Kier alpha value is -0.113. The van der Waals surface area contributed by atoms with E-state index in [1.54, 1.807) is 0 Å².